The second kappa shape index (κ2) is 6.82. The molecule has 0 aliphatic carbocycles. The molecule has 0 fully saturated rings. The van der Waals surface area contributed by atoms with Crippen molar-refractivity contribution in [3.05, 3.63) is 0 Å². The number of methoxy groups -OCH3 is 1. The van der Waals surface area contributed by atoms with Crippen LogP contribution >= 0.6 is 0 Å². The minimum atomic E-state index is -5.63. The molecule has 1 unspecified atom stereocenters. The topological polar surface area (TPSA) is 47.6 Å². The predicted octanol–water partition coefficient (Wildman–Crippen LogP) is 2.43. The first kappa shape index (κ1) is 20.0. The highest BCUT2D eigenvalue weighted by atomic mass is 19.4. The summed E-state index contributed by atoms with van der Waals surface area (Å²) in [5.74, 6) is -1.03. The van der Waals surface area contributed by atoms with Gasteiger partial charge in [0.05, 0.1) is 13.7 Å². The molecule has 0 aromatic heterocycles. The molecule has 0 aliphatic heterocycles. The van der Waals surface area contributed by atoms with Crippen molar-refractivity contribution in [3.8, 4) is 0 Å². The third-order valence-corrected chi connectivity index (χ3v) is 2.38. The maximum Gasteiger partial charge on any atom is 0.423 e. The molecule has 0 aliphatic rings. The number of carbonyl (C=O) groups is 1. The van der Waals surface area contributed by atoms with Crippen molar-refractivity contribution in [1.29, 1.82) is 0 Å². The van der Waals surface area contributed by atoms with E-state index in [0.29, 0.717) is 0 Å². The minimum Gasteiger partial charge on any atom is -0.468 e. The number of hydrogen-bond acceptors (Lipinski definition) is 4. The molecule has 4 nitrogen and oxygen atoms in total. The van der Waals surface area contributed by atoms with Crippen LogP contribution in [0.4, 0.5) is 26.3 Å². The van der Waals surface area contributed by atoms with Gasteiger partial charge in [0, 0.05) is 6.04 Å². The van der Waals surface area contributed by atoms with Crippen molar-refractivity contribution in [3.63, 3.8) is 0 Å². The summed E-state index contributed by atoms with van der Waals surface area (Å²) in [6, 6.07) is -0.395. The number of alkyl halides is 6. The molecule has 0 saturated heterocycles. The first-order valence-corrected chi connectivity index (χ1v) is 5.85. The van der Waals surface area contributed by atoms with E-state index in [2.05, 4.69) is 14.8 Å². The summed E-state index contributed by atoms with van der Waals surface area (Å²) >= 11 is 0. The molecule has 10 heteroatoms. The summed E-state index contributed by atoms with van der Waals surface area (Å²) in [4.78, 5) is 11.6. The summed E-state index contributed by atoms with van der Waals surface area (Å²) in [7, 11) is 0.966. The molecule has 1 atom stereocenters. The molecule has 0 heterocycles. The van der Waals surface area contributed by atoms with Crippen LogP contribution in [0.1, 0.15) is 20.8 Å². The molecule has 0 aromatic rings. The van der Waals surface area contributed by atoms with E-state index in [0.717, 1.165) is 14.0 Å². The molecular formula is C11H17F6NO3. The smallest absolute Gasteiger partial charge is 0.423 e. The van der Waals surface area contributed by atoms with Crippen LogP contribution in [0.5, 0.6) is 0 Å². The number of hydrogen-bond donors (Lipinski definition) is 1. The van der Waals surface area contributed by atoms with Gasteiger partial charge in [0.25, 0.3) is 0 Å². The Morgan fingerprint density at radius 1 is 1.10 bits per heavy atom. The van der Waals surface area contributed by atoms with Gasteiger partial charge in [-0.1, -0.05) is 0 Å². The summed E-state index contributed by atoms with van der Waals surface area (Å²) < 4.78 is 82.5. The SMILES string of the molecule is COC(=O)C(C)(COC(C(F)(F)F)C(F)(F)F)NC(C)C. The van der Waals surface area contributed by atoms with Crippen LogP contribution in [0.25, 0.3) is 0 Å². The van der Waals surface area contributed by atoms with Gasteiger partial charge in [-0.05, 0) is 20.8 Å². The molecule has 1 N–H and O–H groups in total. The minimum absolute atomic E-state index is 0.395. The average molecular weight is 325 g/mol. The maximum absolute atomic E-state index is 12.4. The Kier molecular flexibility index (Phi) is 6.49. The van der Waals surface area contributed by atoms with Gasteiger partial charge in [-0.2, -0.15) is 26.3 Å². The van der Waals surface area contributed by atoms with Crippen molar-refractivity contribution in [2.75, 3.05) is 13.7 Å². The van der Waals surface area contributed by atoms with E-state index in [-0.39, 0.29) is 0 Å². The largest absolute Gasteiger partial charge is 0.468 e. The Morgan fingerprint density at radius 3 is 1.81 bits per heavy atom. The molecule has 21 heavy (non-hydrogen) atoms. The van der Waals surface area contributed by atoms with Crippen molar-refractivity contribution in [2.45, 2.75) is 50.8 Å². The molecular weight excluding hydrogens is 308 g/mol. The van der Waals surface area contributed by atoms with E-state index >= 15 is 0 Å². The lowest BCUT2D eigenvalue weighted by atomic mass is 10.0. The van der Waals surface area contributed by atoms with Gasteiger partial charge in [0.1, 0.15) is 5.54 Å². The van der Waals surface area contributed by atoms with E-state index in [1.165, 1.54) is 0 Å². The monoisotopic (exact) mass is 325 g/mol. The quantitative estimate of drug-likeness (QED) is 0.602. The fraction of sp³-hybridized carbons (Fsp3) is 0.909. The van der Waals surface area contributed by atoms with Crippen molar-refractivity contribution < 1.29 is 40.6 Å². The highest BCUT2D eigenvalue weighted by Gasteiger charge is 2.58. The summed E-state index contributed by atoms with van der Waals surface area (Å²) in [6.07, 6.45) is -15.2. The Balaban J connectivity index is 5.15. The Hall–Kier alpha value is -1.03. The van der Waals surface area contributed by atoms with E-state index in [9.17, 15) is 31.1 Å². The molecule has 0 radical (unpaired) electrons. The van der Waals surface area contributed by atoms with Crippen LogP contribution in [0.3, 0.4) is 0 Å². The number of halogens is 6. The van der Waals surface area contributed by atoms with Crippen molar-refractivity contribution in [2.24, 2.45) is 0 Å². The summed E-state index contributed by atoms with van der Waals surface area (Å²) in [5, 5.41) is 2.53. The van der Waals surface area contributed by atoms with Gasteiger partial charge >= 0.3 is 18.3 Å². The lowest BCUT2D eigenvalue weighted by molar-refractivity contribution is -0.324. The molecule has 0 aromatic carbocycles. The standard InChI is InChI=1S/C11H17F6NO3/c1-6(2)18-9(3,8(19)20-4)5-21-7(10(12,13)14)11(15,16)17/h6-7,18H,5H2,1-4H3. The van der Waals surface area contributed by atoms with Gasteiger partial charge in [0.2, 0.25) is 6.10 Å². The predicted molar refractivity (Wildman–Crippen MR) is 60.5 cm³/mol. The van der Waals surface area contributed by atoms with Crippen molar-refractivity contribution >= 4 is 5.97 Å². The van der Waals surface area contributed by atoms with Gasteiger partial charge in [-0.15, -0.1) is 0 Å². The highest BCUT2D eigenvalue weighted by Crippen LogP contribution is 2.36. The molecule has 0 saturated carbocycles. The van der Waals surface area contributed by atoms with Crippen LogP contribution in [-0.2, 0) is 14.3 Å². The molecule has 0 spiro atoms. The van der Waals surface area contributed by atoms with Gasteiger partial charge in [-0.25, -0.2) is 4.79 Å². The number of rotatable bonds is 6. The number of nitrogens with one attached hydrogen (secondary N) is 1. The van der Waals surface area contributed by atoms with E-state index in [1.54, 1.807) is 13.8 Å². The fourth-order valence-corrected chi connectivity index (χ4v) is 1.65. The van der Waals surface area contributed by atoms with E-state index in [1.807, 2.05) is 0 Å². The maximum atomic E-state index is 12.4. The average Bonchev–Trinajstić information content (AvgIpc) is 2.23. The third kappa shape index (κ3) is 6.08. The van der Waals surface area contributed by atoms with Crippen LogP contribution in [-0.4, -0.2) is 49.7 Å². The summed E-state index contributed by atoms with van der Waals surface area (Å²) in [6.45, 7) is 3.07. The zero-order valence-corrected chi connectivity index (χ0v) is 11.9. The molecule has 0 bridgehead atoms. The molecule has 0 amide bonds. The van der Waals surface area contributed by atoms with Gasteiger partial charge < -0.3 is 9.47 Å². The van der Waals surface area contributed by atoms with Crippen LogP contribution in [0.2, 0.25) is 0 Å². The first-order valence-electron chi connectivity index (χ1n) is 5.85. The zero-order chi connectivity index (χ0) is 17.1. The van der Waals surface area contributed by atoms with Crippen LogP contribution in [0.15, 0.2) is 0 Å². The van der Waals surface area contributed by atoms with E-state index in [4.69, 9.17) is 0 Å². The van der Waals surface area contributed by atoms with E-state index < -0.39 is 42.6 Å². The second-order valence-electron chi connectivity index (χ2n) is 4.90. The summed E-state index contributed by atoms with van der Waals surface area (Å²) in [5.41, 5.74) is -1.84. The normalized spacial score (nSPS) is 16.2. The number of esters is 1. The zero-order valence-electron chi connectivity index (χ0n) is 11.9. The Labute approximate surface area is 117 Å². The Morgan fingerprint density at radius 2 is 1.52 bits per heavy atom. The number of ether oxygens (including phenoxy) is 2. The number of carbonyl (C=O) groups excluding carboxylic acids is 1. The lowest BCUT2D eigenvalue weighted by Crippen LogP contribution is -2.58. The first-order chi connectivity index (χ1) is 9.24. The molecule has 0 rings (SSSR count). The van der Waals surface area contributed by atoms with Gasteiger partial charge in [0.15, 0.2) is 0 Å². The van der Waals surface area contributed by atoms with Crippen molar-refractivity contribution in [1.82, 2.24) is 5.32 Å². The Bertz CT molecular complexity index is 341. The van der Waals surface area contributed by atoms with Crippen LogP contribution in [0, 0.1) is 0 Å². The highest BCUT2D eigenvalue weighted by molar-refractivity contribution is 5.80. The third-order valence-electron chi connectivity index (χ3n) is 2.38. The fourth-order valence-electron chi connectivity index (χ4n) is 1.65. The van der Waals surface area contributed by atoms with Crippen LogP contribution < -0.4 is 5.32 Å². The second-order valence-corrected chi connectivity index (χ2v) is 4.90. The molecule has 126 valence electrons. The van der Waals surface area contributed by atoms with Gasteiger partial charge in [-0.3, -0.25) is 5.32 Å². The lowest BCUT2D eigenvalue weighted by Gasteiger charge is -2.32.